The van der Waals surface area contributed by atoms with E-state index in [9.17, 15) is 5.53 Å². The lowest BCUT2D eigenvalue weighted by atomic mass is 9.97. The lowest BCUT2D eigenvalue weighted by Crippen LogP contribution is -2.62. The van der Waals surface area contributed by atoms with E-state index >= 15 is 0 Å². The minimum atomic E-state index is -0.784. The molecule has 0 N–H and O–H groups in total. The highest BCUT2D eigenvalue weighted by Gasteiger charge is 2.49. The van der Waals surface area contributed by atoms with E-state index in [1.54, 1.807) is 0 Å². The third kappa shape index (κ3) is 26.9. The maximum absolute atomic E-state index is 9.95. The van der Waals surface area contributed by atoms with Gasteiger partial charge < -0.3 is 37.9 Å². The predicted molar refractivity (Wildman–Crippen MR) is 242 cm³/mol. The van der Waals surface area contributed by atoms with Crippen LogP contribution in [0.4, 0.5) is 0 Å². The topological polar surface area (TPSA) is 123 Å². The fourth-order valence-corrected chi connectivity index (χ4v) is 7.44. The van der Waals surface area contributed by atoms with E-state index in [1.165, 1.54) is 64.2 Å². The highest BCUT2D eigenvalue weighted by atomic mass is 16.7. The number of ether oxygens (including phenoxy) is 8. The monoisotopic (exact) mass is 842 g/mol. The highest BCUT2D eigenvalue weighted by molar-refractivity contribution is 4.94. The van der Waals surface area contributed by atoms with Gasteiger partial charge in [-0.2, -0.15) is 0 Å². The summed E-state index contributed by atoms with van der Waals surface area (Å²) in [6, 6.07) is -0.627. The van der Waals surface area contributed by atoms with Gasteiger partial charge in [-0.25, -0.2) is 0 Å². The predicted octanol–water partition coefficient (Wildman–Crippen LogP) is 13.2. The summed E-state index contributed by atoms with van der Waals surface area (Å²) >= 11 is 0. The van der Waals surface area contributed by atoms with E-state index in [1.807, 2.05) is 0 Å². The summed E-state index contributed by atoms with van der Waals surface area (Å²) in [6.07, 6.45) is 25.0. The SMILES string of the molecule is CCCCCCCCCCCCCC[C@@H](OCCCC)[C@@H](OCCCC)[C@H](CO[C@H]1OC(COCCCC)[C@H](OCCCC)[C@H](OCCCC)C1OCCCC)N=[N+]=[N-]. The Labute approximate surface area is 363 Å². The van der Waals surface area contributed by atoms with Gasteiger partial charge in [0.25, 0.3) is 0 Å². The molecule has 1 aliphatic heterocycles. The Morgan fingerprint density at radius 2 is 0.949 bits per heavy atom. The minimum Gasteiger partial charge on any atom is -0.379 e. The summed E-state index contributed by atoms with van der Waals surface area (Å²) < 4.78 is 52.9. The van der Waals surface area contributed by atoms with Crippen LogP contribution in [0.25, 0.3) is 10.4 Å². The number of nitrogens with zero attached hydrogens (tertiary/aromatic N) is 3. The number of hydrogen-bond donors (Lipinski definition) is 0. The van der Waals surface area contributed by atoms with Gasteiger partial charge >= 0.3 is 0 Å². The molecule has 0 saturated carbocycles. The number of azide groups is 1. The average Bonchev–Trinajstić information content (AvgIpc) is 3.24. The van der Waals surface area contributed by atoms with Crippen LogP contribution in [0.15, 0.2) is 5.11 Å². The Morgan fingerprint density at radius 3 is 1.49 bits per heavy atom. The van der Waals surface area contributed by atoms with Gasteiger partial charge in [0, 0.05) is 44.6 Å². The molecule has 0 aromatic carbocycles. The van der Waals surface area contributed by atoms with Crippen molar-refractivity contribution in [2.75, 3.05) is 52.9 Å². The first kappa shape index (κ1) is 56.0. The molecule has 0 aromatic rings. The van der Waals surface area contributed by atoms with Crippen LogP contribution < -0.4 is 0 Å². The van der Waals surface area contributed by atoms with Crippen molar-refractivity contribution in [1.82, 2.24) is 0 Å². The van der Waals surface area contributed by atoms with E-state index < -0.39 is 36.7 Å². The van der Waals surface area contributed by atoms with Crippen molar-refractivity contribution >= 4 is 0 Å². The highest BCUT2D eigenvalue weighted by Crippen LogP contribution is 2.31. The van der Waals surface area contributed by atoms with Gasteiger partial charge in [0.1, 0.15) is 24.4 Å². The molecule has 1 fully saturated rings. The maximum atomic E-state index is 9.95. The van der Waals surface area contributed by atoms with Crippen molar-refractivity contribution in [3.05, 3.63) is 10.4 Å². The minimum absolute atomic E-state index is 0.0949. The van der Waals surface area contributed by atoms with Crippen molar-refractivity contribution < 1.29 is 37.9 Å². The third-order valence-electron chi connectivity index (χ3n) is 11.3. The van der Waals surface area contributed by atoms with Crippen LogP contribution >= 0.6 is 0 Å². The zero-order chi connectivity index (χ0) is 43.0. The molecule has 1 saturated heterocycles. The molecule has 1 rings (SSSR count). The first-order valence-electron chi connectivity index (χ1n) is 25.0. The molecular weight excluding hydrogens is 747 g/mol. The largest absolute Gasteiger partial charge is 0.379 e. The smallest absolute Gasteiger partial charge is 0.186 e. The normalized spacial score (nSPS) is 21.0. The molecule has 0 aromatic heterocycles. The Bertz CT molecular complexity index is 944. The Kier molecular flexibility index (Phi) is 38.9. The maximum Gasteiger partial charge on any atom is 0.186 e. The Morgan fingerprint density at radius 1 is 0.492 bits per heavy atom. The summed E-state index contributed by atoms with van der Waals surface area (Å²) in [5.41, 5.74) is 9.95. The van der Waals surface area contributed by atoms with Crippen LogP contribution in [0, 0.1) is 0 Å². The summed E-state index contributed by atoms with van der Waals surface area (Å²) in [5, 5.41) is 4.35. The standard InChI is InChI=1S/C48H95N3O8/c1-8-15-22-23-24-25-26-27-28-29-30-31-32-42(53-34-17-10-3)44(54-35-18-11-4)41(50-51-49)39-58-48-47(57-38-21-14-7)46(56-37-20-13-6)45(55-36-19-12-5)43(59-48)40-52-33-16-9-2/h41-48H,8-40H2,1-7H3/t41-,42+,43?,44-,45-,46-,47?,48-/m0/s1. The first-order chi connectivity index (χ1) is 29.1. The van der Waals surface area contributed by atoms with Gasteiger partial charge in [-0.3, -0.25) is 0 Å². The van der Waals surface area contributed by atoms with Crippen LogP contribution in [0.1, 0.15) is 209 Å². The van der Waals surface area contributed by atoms with Gasteiger partial charge in [-0.1, -0.05) is 169 Å². The van der Waals surface area contributed by atoms with E-state index in [0.717, 1.165) is 96.3 Å². The van der Waals surface area contributed by atoms with Crippen molar-refractivity contribution in [2.45, 2.75) is 258 Å². The quantitative estimate of drug-likeness (QED) is 0.0257. The zero-order valence-electron chi connectivity index (χ0n) is 39.6. The molecule has 11 nitrogen and oxygen atoms in total. The van der Waals surface area contributed by atoms with Crippen LogP contribution in [-0.4, -0.2) is 102 Å². The lowest BCUT2D eigenvalue weighted by Gasteiger charge is -2.46. The van der Waals surface area contributed by atoms with Gasteiger partial charge in [0.2, 0.25) is 0 Å². The lowest BCUT2D eigenvalue weighted by molar-refractivity contribution is -0.325. The van der Waals surface area contributed by atoms with Crippen LogP contribution in [-0.2, 0) is 37.9 Å². The van der Waals surface area contributed by atoms with Gasteiger partial charge in [-0.05, 0) is 50.5 Å². The van der Waals surface area contributed by atoms with E-state index in [-0.39, 0.29) is 18.8 Å². The second-order valence-corrected chi connectivity index (χ2v) is 16.8. The Balaban J connectivity index is 3.29. The summed E-state index contributed by atoms with van der Waals surface area (Å²) in [5.74, 6) is 0. The summed E-state index contributed by atoms with van der Waals surface area (Å²) in [4.78, 5) is 3.34. The summed E-state index contributed by atoms with van der Waals surface area (Å²) in [7, 11) is 0. The van der Waals surface area contributed by atoms with Crippen molar-refractivity contribution in [3.63, 3.8) is 0 Å². The third-order valence-corrected chi connectivity index (χ3v) is 11.3. The van der Waals surface area contributed by atoms with Crippen LogP contribution in [0.5, 0.6) is 0 Å². The molecule has 0 amide bonds. The van der Waals surface area contributed by atoms with Crippen molar-refractivity contribution in [3.8, 4) is 0 Å². The molecule has 1 heterocycles. The fraction of sp³-hybridized carbons (Fsp3) is 1.00. The average molecular weight is 842 g/mol. The fourth-order valence-electron chi connectivity index (χ4n) is 7.44. The second kappa shape index (κ2) is 41.0. The van der Waals surface area contributed by atoms with Crippen molar-refractivity contribution in [2.24, 2.45) is 5.11 Å². The van der Waals surface area contributed by atoms with E-state index in [2.05, 4.69) is 58.5 Å². The molecule has 0 bridgehead atoms. The molecule has 1 aliphatic rings. The number of unbranched alkanes of at least 4 members (excludes halogenated alkanes) is 17. The Hall–Kier alpha value is -1.01. The molecular formula is C48H95N3O8. The molecule has 0 radical (unpaired) electrons. The van der Waals surface area contributed by atoms with Gasteiger partial charge in [0.15, 0.2) is 6.29 Å². The van der Waals surface area contributed by atoms with Gasteiger partial charge in [-0.15, -0.1) is 0 Å². The van der Waals surface area contributed by atoms with Gasteiger partial charge in [0.05, 0.1) is 31.5 Å². The zero-order valence-corrected chi connectivity index (χ0v) is 39.6. The second-order valence-electron chi connectivity index (χ2n) is 16.8. The molecule has 0 aliphatic carbocycles. The molecule has 59 heavy (non-hydrogen) atoms. The van der Waals surface area contributed by atoms with Crippen LogP contribution in [0.3, 0.4) is 0 Å². The molecule has 8 atom stereocenters. The molecule has 0 spiro atoms. The van der Waals surface area contributed by atoms with Crippen molar-refractivity contribution in [1.29, 1.82) is 0 Å². The molecule has 2 unspecified atom stereocenters. The van der Waals surface area contributed by atoms with E-state index in [0.29, 0.717) is 46.2 Å². The first-order valence-corrected chi connectivity index (χ1v) is 25.0. The number of hydrogen-bond acceptors (Lipinski definition) is 9. The molecule has 11 heteroatoms. The molecule has 350 valence electrons. The van der Waals surface area contributed by atoms with Crippen LogP contribution in [0.2, 0.25) is 0 Å². The van der Waals surface area contributed by atoms with E-state index in [4.69, 9.17) is 37.9 Å². The number of rotatable bonds is 44. The summed E-state index contributed by atoms with van der Waals surface area (Å²) in [6.45, 7) is 19.3.